The molecular formula is C31H39ClF3N3O5S. The van der Waals surface area contributed by atoms with Gasteiger partial charge in [-0.25, -0.2) is 0 Å². The molecule has 0 unspecified atom stereocenters. The van der Waals surface area contributed by atoms with Crippen molar-refractivity contribution in [2.24, 2.45) is 0 Å². The van der Waals surface area contributed by atoms with Crippen LogP contribution in [0.5, 0.6) is 5.75 Å². The summed E-state index contributed by atoms with van der Waals surface area (Å²) in [6.45, 7) is 4.20. The van der Waals surface area contributed by atoms with E-state index in [1.54, 1.807) is 24.3 Å². The zero-order valence-electron chi connectivity index (χ0n) is 24.5. The first-order chi connectivity index (χ1) is 20.3. The van der Waals surface area contributed by atoms with E-state index in [0.29, 0.717) is 36.4 Å². The lowest BCUT2D eigenvalue weighted by Crippen LogP contribution is -2.48. The number of carbonyl (C=O) groups is 1. The molecule has 1 aliphatic heterocycles. The molecule has 1 aliphatic rings. The summed E-state index contributed by atoms with van der Waals surface area (Å²) in [6.07, 6.45) is -4.85. The highest BCUT2D eigenvalue weighted by molar-refractivity contribution is 8.25. The Labute approximate surface area is 263 Å². The molecule has 1 heterocycles. The number of benzene rings is 3. The molecule has 1 fully saturated rings. The summed E-state index contributed by atoms with van der Waals surface area (Å²) in [6, 6.07) is 18.3. The molecule has 0 saturated carbocycles. The van der Waals surface area contributed by atoms with Crippen molar-refractivity contribution in [2.75, 3.05) is 23.1 Å². The van der Waals surface area contributed by atoms with Gasteiger partial charge in [0.15, 0.2) is 0 Å². The van der Waals surface area contributed by atoms with E-state index in [9.17, 15) is 32.2 Å². The average molecular weight is 658 g/mol. The Morgan fingerprint density at radius 3 is 2.36 bits per heavy atom. The quantitative estimate of drug-likeness (QED) is 0.156. The first kappa shape index (κ1) is 35.5. The number of aliphatic hydroxyl groups excluding tert-OH is 1. The van der Waals surface area contributed by atoms with Gasteiger partial charge in [0.05, 0.1) is 35.3 Å². The Balaban J connectivity index is 0.00000529. The molecule has 4 rings (SSSR count). The van der Waals surface area contributed by atoms with E-state index < -0.39 is 40.6 Å². The summed E-state index contributed by atoms with van der Waals surface area (Å²) in [4.78, 5) is 13.6. The zero-order valence-corrected chi connectivity index (χ0v) is 26.1. The van der Waals surface area contributed by atoms with E-state index in [4.69, 9.17) is 4.74 Å². The number of hydrogen-bond acceptors (Lipinski definition) is 7. The molecule has 5 N–H and O–H groups in total. The van der Waals surface area contributed by atoms with Gasteiger partial charge in [0.25, 0.3) is 5.91 Å². The number of rotatable bonds is 12. The maximum atomic E-state index is 13.6. The largest absolute Gasteiger partial charge is 0.491 e. The topological polar surface area (TPSA) is 114 Å². The molecule has 2 atom stereocenters. The monoisotopic (exact) mass is 657 g/mol. The molecule has 3 aromatic carbocycles. The van der Waals surface area contributed by atoms with Crippen molar-refractivity contribution in [3.05, 3.63) is 95.1 Å². The Hall–Kier alpha value is -3.00. The van der Waals surface area contributed by atoms with E-state index in [1.165, 1.54) is 10.4 Å². The van der Waals surface area contributed by atoms with Gasteiger partial charge in [-0.15, -0.1) is 23.2 Å². The highest BCUT2D eigenvalue weighted by atomic mass is 35.5. The Morgan fingerprint density at radius 1 is 1.02 bits per heavy atom. The lowest BCUT2D eigenvalue weighted by Gasteiger charge is -2.38. The summed E-state index contributed by atoms with van der Waals surface area (Å²) in [5, 5.41) is 17.0. The van der Waals surface area contributed by atoms with Crippen molar-refractivity contribution in [3.63, 3.8) is 0 Å². The number of amides is 1. The SMILES string of the molecule is CC(C)Oc1cc(C(=O)N[C@@H](Cc2ccccc2)[C@H](O)CNCc2cccc(C(F)(F)F)c2)cc(N2CCCS2(O)O)c1.Cl. The smallest absolute Gasteiger partial charge is 0.416 e. The van der Waals surface area contributed by atoms with Crippen molar-refractivity contribution >= 4 is 34.8 Å². The van der Waals surface area contributed by atoms with E-state index in [2.05, 4.69) is 10.6 Å². The normalized spacial score (nSPS) is 16.6. The minimum atomic E-state index is -4.45. The molecular weight excluding hydrogens is 619 g/mol. The molecule has 1 saturated heterocycles. The third kappa shape index (κ3) is 9.75. The van der Waals surface area contributed by atoms with Gasteiger partial charge in [0.2, 0.25) is 0 Å². The highest BCUT2D eigenvalue weighted by Crippen LogP contribution is 2.51. The van der Waals surface area contributed by atoms with Crippen LogP contribution >= 0.6 is 23.2 Å². The van der Waals surface area contributed by atoms with Crippen molar-refractivity contribution in [3.8, 4) is 5.75 Å². The van der Waals surface area contributed by atoms with E-state index in [-0.39, 0.29) is 42.9 Å². The predicted molar refractivity (Wildman–Crippen MR) is 170 cm³/mol. The minimum Gasteiger partial charge on any atom is -0.491 e. The number of anilines is 1. The van der Waals surface area contributed by atoms with E-state index in [0.717, 1.165) is 17.7 Å². The summed E-state index contributed by atoms with van der Waals surface area (Å²) in [5.74, 6) is 0.134. The number of hydrogen-bond donors (Lipinski definition) is 5. The number of aliphatic hydroxyl groups is 1. The molecule has 1 amide bonds. The first-order valence-electron chi connectivity index (χ1n) is 14.1. The van der Waals surface area contributed by atoms with Crippen LogP contribution in [0.4, 0.5) is 18.9 Å². The Morgan fingerprint density at radius 2 is 1.73 bits per heavy atom. The van der Waals surface area contributed by atoms with Crippen molar-refractivity contribution in [1.29, 1.82) is 0 Å². The third-order valence-corrected chi connectivity index (χ3v) is 8.90. The van der Waals surface area contributed by atoms with Crippen molar-refractivity contribution in [1.82, 2.24) is 10.6 Å². The molecule has 242 valence electrons. The second-order valence-electron chi connectivity index (χ2n) is 10.8. The summed E-state index contributed by atoms with van der Waals surface area (Å²) >= 11 is 0. The van der Waals surface area contributed by atoms with E-state index in [1.807, 2.05) is 44.2 Å². The van der Waals surface area contributed by atoms with Crippen LogP contribution in [0.15, 0.2) is 72.8 Å². The van der Waals surface area contributed by atoms with Crippen molar-refractivity contribution in [2.45, 2.75) is 57.7 Å². The summed E-state index contributed by atoms with van der Waals surface area (Å²) < 4.78 is 67.7. The maximum absolute atomic E-state index is 13.6. The second-order valence-corrected chi connectivity index (χ2v) is 13.0. The lowest BCUT2D eigenvalue weighted by atomic mass is 10.00. The number of nitrogens with one attached hydrogen (secondary N) is 2. The number of ether oxygens (including phenoxy) is 1. The Bertz CT molecular complexity index is 1380. The average Bonchev–Trinajstić information content (AvgIpc) is 3.31. The fourth-order valence-electron chi connectivity index (χ4n) is 4.92. The molecule has 8 nitrogen and oxygen atoms in total. The molecule has 44 heavy (non-hydrogen) atoms. The van der Waals surface area contributed by atoms with Crippen LogP contribution in [0.1, 0.15) is 47.3 Å². The van der Waals surface area contributed by atoms with Gasteiger partial charge in [0, 0.05) is 31.3 Å². The molecule has 13 heteroatoms. The molecule has 0 aliphatic carbocycles. The van der Waals surface area contributed by atoms with Crippen LogP contribution in [0, 0.1) is 0 Å². The zero-order chi connectivity index (χ0) is 31.2. The van der Waals surface area contributed by atoms with Crippen LogP contribution in [0.25, 0.3) is 0 Å². The highest BCUT2D eigenvalue weighted by Gasteiger charge is 2.32. The van der Waals surface area contributed by atoms with Gasteiger partial charge in [-0.1, -0.05) is 48.5 Å². The van der Waals surface area contributed by atoms with Gasteiger partial charge in [-0.05, 0) is 56.0 Å². The number of carbonyl (C=O) groups excluding carboxylic acids is 1. The van der Waals surface area contributed by atoms with E-state index >= 15 is 0 Å². The summed E-state index contributed by atoms with van der Waals surface area (Å²) in [5.41, 5.74) is 1.20. The van der Waals surface area contributed by atoms with Crippen LogP contribution < -0.4 is 19.7 Å². The predicted octanol–water partition coefficient (Wildman–Crippen LogP) is 6.28. The molecule has 0 radical (unpaired) electrons. The van der Waals surface area contributed by atoms with Crippen LogP contribution in [-0.4, -0.2) is 57.2 Å². The van der Waals surface area contributed by atoms with Crippen LogP contribution in [0.2, 0.25) is 0 Å². The number of nitrogens with zero attached hydrogens (tertiary/aromatic N) is 1. The minimum absolute atomic E-state index is 0. The van der Waals surface area contributed by atoms with Gasteiger partial charge < -0.3 is 20.5 Å². The fraction of sp³-hybridized carbons (Fsp3) is 0.387. The lowest BCUT2D eigenvalue weighted by molar-refractivity contribution is -0.137. The number of alkyl halides is 3. The molecule has 3 aromatic rings. The van der Waals surface area contributed by atoms with Crippen LogP contribution in [0.3, 0.4) is 0 Å². The van der Waals surface area contributed by atoms with Crippen LogP contribution in [-0.2, 0) is 19.1 Å². The van der Waals surface area contributed by atoms with Crippen molar-refractivity contribution < 1.29 is 36.9 Å². The molecule has 0 bridgehead atoms. The Kier molecular flexibility index (Phi) is 12.4. The van der Waals surface area contributed by atoms with Gasteiger partial charge in [-0.3, -0.25) is 18.2 Å². The maximum Gasteiger partial charge on any atom is 0.416 e. The fourth-order valence-corrected chi connectivity index (χ4v) is 6.52. The van der Waals surface area contributed by atoms with Gasteiger partial charge in [-0.2, -0.15) is 13.2 Å². The molecule has 0 spiro atoms. The van der Waals surface area contributed by atoms with Gasteiger partial charge in [0.1, 0.15) is 5.75 Å². The first-order valence-corrected chi connectivity index (χ1v) is 15.7. The second kappa shape index (κ2) is 15.3. The third-order valence-electron chi connectivity index (χ3n) is 6.96. The number of halogens is 4. The standard InChI is InChI=1S/C31H38F3N3O5S.ClH/c1-21(2)42-27-17-24(16-26(18-27)37-12-7-13-43(37,40)41)30(39)36-28(15-22-8-4-3-5-9-22)29(38)20-35-19-23-10-6-11-25(14-23)31(32,33)34;/h3-6,8-11,14,16-18,21,28-29,35,38,40-41H,7,12-13,15,19-20H2,1-2H3,(H,36,39);1H/t28-,29+;/m0./s1. The van der Waals surface area contributed by atoms with Gasteiger partial charge >= 0.3 is 6.18 Å². The molecule has 0 aromatic heterocycles. The summed E-state index contributed by atoms with van der Waals surface area (Å²) in [7, 11) is -3.01.